The van der Waals surface area contributed by atoms with Gasteiger partial charge in [0, 0.05) is 24.3 Å². The van der Waals surface area contributed by atoms with Crippen molar-refractivity contribution in [1.29, 1.82) is 0 Å². The number of rotatable bonds is 6. The van der Waals surface area contributed by atoms with Crippen LogP contribution in [0.25, 0.3) is 0 Å². The Labute approximate surface area is 227 Å². The lowest BCUT2D eigenvalue weighted by atomic mass is 9.74. The van der Waals surface area contributed by atoms with E-state index in [0.717, 1.165) is 80.1 Å². The number of nitrogens with zero attached hydrogens (tertiary/aromatic N) is 1. The summed E-state index contributed by atoms with van der Waals surface area (Å²) in [6.07, 6.45) is 3.04. The van der Waals surface area contributed by atoms with E-state index in [-0.39, 0.29) is 34.8 Å². The lowest BCUT2D eigenvalue weighted by Crippen LogP contribution is -3.00. The summed E-state index contributed by atoms with van der Waals surface area (Å²) in [6, 6.07) is 16.4. The summed E-state index contributed by atoms with van der Waals surface area (Å²) >= 11 is 0. The lowest BCUT2D eigenvalue weighted by Gasteiger charge is -2.52. The fourth-order valence-corrected chi connectivity index (χ4v) is 6.76. The van der Waals surface area contributed by atoms with Crippen LogP contribution < -0.4 is 21.7 Å². The Balaban J connectivity index is 0.00000320. The van der Waals surface area contributed by atoms with Crippen LogP contribution in [-0.2, 0) is 21.5 Å². The van der Waals surface area contributed by atoms with Crippen molar-refractivity contribution in [3.63, 3.8) is 0 Å². The van der Waals surface area contributed by atoms with Crippen LogP contribution in [-0.4, -0.2) is 42.6 Å². The summed E-state index contributed by atoms with van der Waals surface area (Å²) in [5, 5.41) is 0. The maximum absolute atomic E-state index is 13.9. The van der Waals surface area contributed by atoms with Gasteiger partial charge in [-0.2, -0.15) is 0 Å². The third-order valence-electron chi connectivity index (χ3n) is 8.62. The molecular weight excluding hydrogens is 547 g/mol. The van der Waals surface area contributed by atoms with Gasteiger partial charge >= 0.3 is 12.3 Å². The second-order valence-electron chi connectivity index (χ2n) is 11.0. The molecule has 6 rings (SSSR count). The summed E-state index contributed by atoms with van der Waals surface area (Å²) in [7, 11) is 0. The van der Waals surface area contributed by atoms with Gasteiger partial charge in [0.1, 0.15) is 18.8 Å². The molecule has 0 spiro atoms. The molecule has 0 aromatic heterocycles. The van der Waals surface area contributed by atoms with Crippen LogP contribution in [0.15, 0.2) is 54.6 Å². The van der Waals surface area contributed by atoms with Crippen LogP contribution in [0.2, 0.25) is 0 Å². The molecule has 4 fully saturated rings. The third kappa shape index (κ3) is 6.33. The minimum atomic E-state index is -4.71. The molecule has 4 aliphatic rings. The monoisotopic (exact) mass is 581 g/mol. The van der Waals surface area contributed by atoms with Gasteiger partial charge in [-0.1, -0.05) is 68.1 Å². The van der Waals surface area contributed by atoms with E-state index >= 15 is 0 Å². The number of quaternary nitrogens is 1. The number of halogens is 4. The maximum atomic E-state index is 13.9. The summed E-state index contributed by atoms with van der Waals surface area (Å²) in [5.41, 5.74) is 1.29. The number of hydrogen-bond acceptors (Lipinski definition) is 3. The summed E-state index contributed by atoms with van der Waals surface area (Å²) in [5.74, 6) is 0.0757. The highest BCUT2D eigenvalue weighted by atomic mass is 79.9. The first kappa shape index (κ1) is 28.0. The first-order chi connectivity index (χ1) is 17.3. The highest BCUT2D eigenvalue weighted by Crippen LogP contribution is 2.43. The summed E-state index contributed by atoms with van der Waals surface area (Å²) < 4.78 is 49.4. The van der Waals surface area contributed by atoms with Gasteiger partial charge in [0.2, 0.25) is 0 Å². The molecule has 3 saturated heterocycles. The van der Waals surface area contributed by atoms with E-state index in [1.165, 1.54) is 12.1 Å². The second kappa shape index (κ2) is 11.4. The molecule has 202 valence electrons. The predicted octanol–water partition coefficient (Wildman–Crippen LogP) is 3.53. The number of carbonyl (C=O) groups is 1. The third-order valence-corrected chi connectivity index (χ3v) is 8.62. The zero-order chi connectivity index (χ0) is 25.2. The van der Waals surface area contributed by atoms with Gasteiger partial charge in [-0.3, -0.25) is 4.79 Å². The topological polar surface area (TPSA) is 35.5 Å². The Morgan fingerprint density at radius 2 is 1.62 bits per heavy atom. The average molecular weight is 583 g/mol. The lowest BCUT2D eigenvalue weighted by molar-refractivity contribution is -0.958. The summed E-state index contributed by atoms with van der Waals surface area (Å²) in [4.78, 5) is 13.9. The molecule has 1 aliphatic carbocycles. The number of piperidine rings is 3. The quantitative estimate of drug-likeness (QED) is 0.297. The van der Waals surface area contributed by atoms with Gasteiger partial charge in [0.25, 0.3) is 0 Å². The Morgan fingerprint density at radius 1 is 0.946 bits per heavy atom. The number of alkyl halides is 3. The number of carbonyl (C=O) groups excluding carboxylic acids is 1. The average Bonchev–Trinajstić information content (AvgIpc) is 3.11. The highest BCUT2D eigenvalue weighted by molar-refractivity contribution is 5.83. The number of fused-ring (bicyclic) bond motifs is 3. The second-order valence-corrected chi connectivity index (χ2v) is 11.0. The molecule has 0 N–H and O–H groups in total. The van der Waals surface area contributed by atoms with Crippen molar-refractivity contribution in [2.45, 2.75) is 75.8 Å². The molecule has 1 atom stereocenters. The fourth-order valence-electron chi connectivity index (χ4n) is 6.76. The van der Waals surface area contributed by atoms with E-state index in [1.54, 1.807) is 6.07 Å². The minimum absolute atomic E-state index is 0. The van der Waals surface area contributed by atoms with E-state index in [1.807, 2.05) is 24.3 Å². The van der Waals surface area contributed by atoms with Crippen molar-refractivity contribution in [3.8, 4) is 5.75 Å². The number of hydrogen-bond donors (Lipinski definition) is 0. The molecule has 0 amide bonds. The van der Waals surface area contributed by atoms with Crippen LogP contribution in [0.5, 0.6) is 5.75 Å². The van der Waals surface area contributed by atoms with Gasteiger partial charge in [0.15, 0.2) is 6.10 Å². The largest absolute Gasteiger partial charge is 1.00 e. The Hall–Kier alpha value is -2.06. The van der Waals surface area contributed by atoms with Crippen LogP contribution in [0.1, 0.15) is 62.5 Å². The maximum Gasteiger partial charge on any atom is 0.573 e. The van der Waals surface area contributed by atoms with Crippen molar-refractivity contribution in [2.75, 3.05) is 19.6 Å². The number of benzene rings is 2. The zero-order valence-corrected chi connectivity index (χ0v) is 22.6. The summed E-state index contributed by atoms with van der Waals surface area (Å²) in [6.45, 7) is 3.23. The van der Waals surface area contributed by atoms with Crippen LogP contribution in [0.3, 0.4) is 0 Å². The number of esters is 1. The molecule has 2 aromatic carbocycles. The van der Waals surface area contributed by atoms with Crippen LogP contribution in [0, 0.1) is 5.92 Å². The smallest absolute Gasteiger partial charge is 0.573 e. The molecule has 3 aliphatic heterocycles. The van der Waals surface area contributed by atoms with Crippen molar-refractivity contribution in [1.82, 2.24) is 0 Å². The van der Waals surface area contributed by atoms with Gasteiger partial charge in [0.05, 0.1) is 18.5 Å². The van der Waals surface area contributed by atoms with Crippen molar-refractivity contribution in [3.05, 3.63) is 65.7 Å². The Morgan fingerprint density at radius 3 is 2.27 bits per heavy atom. The standard InChI is InChI=1S/C29H35F3NO3.BrH/c30-29(31,32)36-25-12-8-9-22(19-25)20-33-17-13-23(14-18-33)26(21-33)35-27(34)28(15-6-1-2-7-16-28)24-10-4-3-5-11-24;/h3-5,8-12,19,23,26H,1-2,6-7,13-18,20-21H2;1H/q+1;/p-1/t23?,26-,33?;/m0./s1. The van der Waals surface area contributed by atoms with Crippen molar-refractivity contribution in [2.24, 2.45) is 5.92 Å². The number of ether oxygens (including phenoxy) is 2. The molecule has 8 heteroatoms. The molecule has 1 saturated carbocycles. The van der Waals surface area contributed by atoms with Crippen LogP contribution in [0.4, 0.5) is 13.2 Å². The fraction of sp³-hybridized carbons (Fsp3) is 0.552. The highest BCUT2D eigenvalue weighted by Gasteiger charge is 2.50. The zero-order valence-electron chi connectivity index (χ0n) is 21.0. The first-order valence-corrected chi connectivity index (χ1v) is 13.2. The van der Waals surface area contributed by atoms with E-state index in [0.29, 0.717) is 19.0 Å². The van der Waals surface area contributed by atoms with Gasteiger partial charge < -0.3 is 30.9 Å². The normalized spacial score (nSPS) is 27.0. The Bertz CT molecular complexity index is 1050. The molecule has 0 radical (unpaired) electrons. The molecule has 4 nitrogen and oxygen atoms in total. The molecule has 0 unspecified atom stereocenters. The van der Waals surface area contributed by atoms with Crippen molar-refractivity contribution >= 4 is 5.97 Å². The van der Waals surface area contributed by atoms with E-state index < -0.39 is 11.8 Å². The minimum Gasteiger partial charge on any atom is -1.00 e. The van der Waals surface area contributed by atoms with Gasteiger partial charge in [-0.25, -0.2) is 0 Å². The van der Waals surface area contributed by atoms with Crippen LogP contribution >= 0.6 is 0 Å². The molecule has 3 heterocycles. The van der Waals surface area contributed by atoms with Crippen molar-refractivity contribution < 1.29 is 48.9 Å². The van der Waals surface area contributed by atoms with E-state index in [4.69, 9.17) is 4.74 Å². The van der Waals surface area contributed by atoms with E-state index in [2.05, 4.69) is 16.9 Å². The predicted molar refractivity (Wildman–Crippen MR) is 130 cm³/mol. The van der Waals surface area contributed by atoms with Gasteiger partial charge in [-0.05, 0) is 30.5 Å². The molecular formula is C29H35BrF3NO3. The molecule has 37 heavy (non-hydrogen) atoms. The van der Waals surface area contributed by atoms with Gasteiger partial charge in [-0.15, -0.1) is 13.2 Å². The Kier molecular flexibility index (Phi) is 8.58. The SMILES string of the molecule is O=C(O[C@H]1C[N+]2(Cc3cccc(OC(F)(F)F)c3)CCC1CC2)C1(c2ccccc2)CCCCCC1.[Br-]. The van der Waals surface area contributed by atoms with E-state index in [9.17, 15) is 18.0 Å². The first-order valence-electron chi connectivity index (χ1n) is 13.2. The molecule has 2 aromatic rings. The molecule has 2 bridgehead atoms.